The Labute approximate surface area is 46.0 Å². The maximum absolute atomic E-state index is 5.01. The van der Waals surface area contributed by atoms with Crippen LogP contribution < -0.4 is 0 Å². The van der Waals surface area contributed by atoms with E-state index in [0.717, 1.165) is 0 Å². The van der Waals surface area contributed by atoms with Gasteiger partial charge in [-0.2, -0.15) is 0 Å². The predicted molar refractivity (Wildman–Crippen MR) is 17.6 cm³/mol. The van der Waals surface area contributed by atoms with Gasteiger partial charge in [0, 0.05) is 0 Å². The van der Waals surface area contributed by atoms with E-state index in [0.29, 0.717) is 0 Å². The van der Waals surface area contributed by atoms with Crippen LogP contribution in [0.5, 0.6) is 0 Å². The number of hydrogen-bond acceptors (Lipinski definition) is 0. The van der Waals surface area contributed by atoms with Gasteiger partial charge in [-0.1, -0.05) is 0 Å². The molecule has 0 nitrogen and oxygen atoms in total. The summed E-state index contributed by atoms with van der Waals surface area (Å²) in [7, 11) is 0. The van der Waals surface area contributed by atoms with Crippen molar-refractivity contribution in [2.24, 2.45) is 0 Å². The zero-order chi connectivity index (χ0) is 3.58. The van der Waals surface area contributed by atoms with Gasteiger partial charge in [0.05, 0.1) is 0 Å². The Bertz CT molecular complexity index is 8.00. The molecule has 0 radical (unpaired) electrons. The summed E-state index contributed by atoms with van der Waals surface area (Å²) in [5, 5.41) is 0. The van der Waals surface area contributed by atoms with Crippen LogP contribution in [0.3, 0.4) is 0 Å². The number of hydrogen-bond donors (Lipinski definition) is 0. The first-order valence-electron chi connectivity index (χ1n) is 0.507. The molecule has 0 aliphatic rings. The van der Waals surface area contributed by atoms with Crippen molar-refractivity contribution in [1.29, 1.82) is 0 Å². The van der Waals surface area contributed by atoms with Crippen molar-refractivity contribution >= 4 is 17.7 Å². The molecule has 0 fully saturated rings. The van der Waals surface area contributed by atoms with Gasteiger partial charge >= 0.3 is 47.2 Å². The Hall–Kier alpha value is 2.21. The van der Waals surface area contributed by atoms with Crippen LogP contribution in [-0.4, -0.2) is 0 Å². The van der Waals surface area contributed by atoms with E-state index in [1.165, 1.54) is 0 Å². The summed E-state index contributed by atoms with van der Waals surface area (Å²) in [6.07, 6.45) is 0. The van der Waals surface area contributed by atoms with Crippen LogP contribution in [0.1, 0.15) is 0 Å². The molecule has 0 spiro atoms. The Morgan fingerprint density at radius 1 is 1.00 bits per heavy atom. The van der Waals surface area contributed by atoms with Crippen LogP contribution in [0.2, 0.25) is 0 Å². The van der Waals surface area contributed by atoms with Gasteiger partial charge in [0.1, 0.15) is 0 Å². The zero-order valence-corrected chi connectivity index (χ0v) is 6.72. The van der Waals surface area contributed by atoms with Crippen LogP contribution in [0, 0.1) is 29.6 Å². The predicted octanol–water partition coefficient (Wildman–Crippen LogP) is 2.07. The van der Waals surface area contributed by atoms with Crippen molar-refractivity contribution in [3.05, 3.63) is 0 Å². The molecule has 0 saturated heterocycles. The summed E-state index contributed by atoms with van der Waals surface area (Å²) in [6, 6.07) is 0. The summed E-state index contributed by atoms with van der Waals surface area (Å²) in [6.45, 7) is 0. The van der Waals surface area contributed by atoms with Gasteiger partial charge in [-0.3, -0.25) is 0 Å². The molecule has 4 heavy (non-hydrogen) atoms. The molecular weight excluding hydrogens is 251 g/mol. The van der Waals surface area contributed by atoms with Crippen molar-refractivity contribution in [2.45, 2.75) is 0 Å². The van der Waals surface area contributed by atoms with Crippen molar-refractivity contribution in [1.82, 2.24) is 0 Å². The molecular formula is Cl3Pm. The minimum atomic E-state index is -2.18. The van der Waals surface area contributed by atoms with E-state index in [9.17, 15) is 0 Å². The molecule has 0 saturated carbocycles. The van der Waals surface area contributed by atoms with Crippen molar-refractivity contribution in [3.8, 4) is 0 Å². The first kappa shape index (κ1) is 6.21. The second-order valence-electron chi connectivity index (χ2n) is 0.192. The average Bonchev–Trinajstić information content (AvgIpc) is 0.811. The first-order chi connectivity index (χ1) is 1.73. The van der Waals surface area contributed by atoms with E-state index >= 15 is 0 Å². The minimum absolute atomic E-state index is 2.18. The average molecular weight is 251 g/mol. The van der Waals surface area contributed by atoms with Gasteiger partial charge < -0.3 is 0 Å². The molecule has 0 atom stereocenters. The normalized spacial score (nSPS) is 9.00. The topological polar surface area (TPSA) is 0 Å². The third-order valence-corrected chi connectivity index (χ3v) is 0. The van der Waals surface area contributed by atoms with Crippen molar-refractivity contribution in [2.75, 3.05) is 0 Å². The monoisotopic (exact) mass is 250 g/mol. The van der Waals surface area contributed by atoms with Crippen LogP contribution in [-0.2, 0) is 0 Å². The third kappa shape index (κ3) is 8.88. The number of halogens is 3. The van der Waals surface area contributed by atoms with Gasteiger partial charge in [-0.05, 0) is 0 Å². The van der Waals surface area contributed by atoms with Gasteiger partial charge in [-0.15, -0.1) is 0 Å². The Kier molecular flexibility index (Phi) is 5.28. The maximum atomic E-state index is 5.01. The molecule has 0 amide bonds. The quantitative estimate of drug-likeness (QED) is 0.618. The fraction of sp³-hybridized carbons (Fsp3) is 0. The third-order valence-electron chi connectivity index (χ3n) is 0. The molecule has 0 unspecified atom stereocenters. The van der Waals surface area contributed by atoms with Crippen LogP contribution >= 0.6 is 17.7 Å². The Balaban J connectivity index is 2.32. The summed E-state index contributed by atoms with van der Waals surface area (Å²) in [4.78, 5) is 0. The standard InChI is InChI=1S/3ClH.Pm/h3*1H;/q;;;+3/p-3. The van der Waals surface area contributed by atoms with Gasteiger partial charge in [-0.25, -0.2) is 0 Å². The SMILES string of the molecule is [Cl][Pm]([Cl])[Cl]. The van der Waals surface area contributed by atoms with E-state index < -0.39 is 29.6 Å². The van der Waals surface area contributed by atoms with Gasteiger partial charge in [0.2, 0.25) is 0 Å². The second-order valence-corrected chi connectivity index (χ2v) is 12.8. The molecule has 4 heteroatoms. The molecule has 0 aliphatic heterocycles. The van der Waals surface area contributed by atoms with E-state index in [1.807, 2.05) is 0 Å². The first-order valence-corrected chi connectivity index (χ1v) is 11.3. The molecule has 0 rings (SSSR count). The zero-order valence-electron chi connectivity index (χ0n) is 1.58. The van der Waals surface area contributed by atoms with E-state index in [4.69, 9.17) is 17.7 Å². The summed E-state index contributed by atoms with van der Waals surface area (Å²) in [5.74, 6) is 15.0. The van der Waals surface area contributed by atoms with E-state index in [-0.39, 0.29) is 0 Å². The molecule has 0 heterocycles. The van der Waals surface area contributed by atoms with E-state index in [1.54, 1.807) is 0 Å². The molecule has 26 valence electrons. The second kappa shape index (κ2) is 3.40. The number of rotatable bonds is 0. The summed E-state index contributed by atoms with van der Waals surface area (Å²) < 4.78 is 0. The molecule has 0 aromatic carbocycles. The summed E-state index contributed by atoms with van der Waals surface area (Å²) in [5.41, 5.74) is 0. The van der Waals surface area contributed by atoms with Crippen LogP contribution in [0.25, 0.3) is 0 Å². The molecule has 0 bridgehead atoms. The molecule has 0 aromatic heterocycles. The van der Waals surface area contributed by atoms with Crippen LogP contribution in [0.15, 0.2) is 0 Å². The van der Waals surface area contributed by atoms with Crippen molar-refractivity contribution < 1.29 is 29.6 Å². The Morgan fingerprint density at radius 2 is 1.00 bits per heavy atom. The van der Waals surface area contributed by atoms with Crippen LogP contribution in [0.4, 0.5) is 0 Å². The molecule has 0 aliphatic carbocycles. The van der Waals surface area contributed by atoms with Gasteiger partial charge in [0.25, 0.3) is 0 Å². The Morgan fingerprint density at radius 3 is 1.00 bits per heavy atom. The van der Waals surface area contributed by atoms with Gasteiger partial charge in [0.15, 0.2) is 0 Å². The summed E-state index contributed by atoms with van der Waals surface area (Å²) >= 11 is -2.18. The fourth-order valence-electron chi connectivity index (χ4n) is 0. The van der Waals surface area contributed by atoms with Crippen molar-refractivity contribution in [3.63, 3.8) is 0 Å². The molecule has 0 aromatic rings. The fourth-order valence-corrected chi connectivity index (χ4v) is 0. The molecule has 0 N–H and O–H groups in total. The van der Waals surface area contributed by atoms with E-state index in [2.05, 4.69) is 0 Å².